The number of hydrogen-bond donors (Lipinski definition) is 2. The molecule has 0 spiro atoms. The van der Waals surface area contributed by atoms with E-state index in [1.165, 1.54) is 25.7 Å². The number of nitrogens with one attached hydrogen (secondary N) is 2. The molecule has 2 fully saturated rings. The minimum Gasteiger partial charge on any atom is -0.493 e. The predicted octanol–water partition coefficient (Wildman–Crippen LogP) is 2.78. The van der Waals surface area contributed by atoms with Crippen LogP contribution in [0.1, 0.15) is 44.0 Å². The van der Waals surface area contributed by atoms with E-state index in [4.69, 9.17) is 14.5 Å². The summed E-state index contributed by atoms with van der Waals surface area (Å²) in [6.45, 7) is 4.25. The average molecular weight is 427 g/mol. The highest BCUT2D eigenvalue weighted by atomic mass is 16.5. The maximum Gasteiger partial charge on any atom is 0.191 e. The Morgan fingerprint density at radius 2 is 2.06 bits per heavy atom. The number of benzene rings is 1. The summed E-state index contributed by atoms with van der Waals surface area (Å²) in [5.74, 6) is 5.01. The van der Waals surface area contributed by atoms with Gasteiger partial charge >= 0.3 is 0 Å². The van der Waals surface area contributed by atoms with Crippen molar-refractivity contribution in [1.29, 1.82) is 0 Å². The van der Waals surface area contributed by atoms with Gasteiger partial charge in [0.1, 0.15) is 12.2 Å². The van der Waals surface area contributed by atoms with Crippen LogP contribution in [0.15, 0.2) is 29.5 Å². The molecule has 8 heteroatoms. The molecular weight excluding hydrogens is 392 g/mol. The Morgan fingerprint density at radius 3 is 2.77 bits per heavy atom. The van der Waals surface area contributed by atoms with Crippen molar-refractivity contribution in [2.75, 3.05) is 20.8 Å². The number of aliphatic imine (C=N–C) groups is 1. The lowest BCUT2D eigenvalue weighted by molar-refractivity contribution is 0.354. The molecule has 2 aliphatic carbocycles. The van der Waals surface area contributed by atoms with Gasteiger partial charge in [-0.3, -0.25) is 0 Å². The van der Waals surface area contributed by atoms with Crippen molar-refractivity contribution in [3.63, 3.8) is 0 Å². The molecule has 31 heavy (non-hydrogen) atoms. The minimum atomic E-state index is 0.525. The van der Waals surface area contributed by atoms with Gasteiger partial charge in [0, 0.05) is 25.6 Å². The van der Waals surface area contributed by atoms with Crippen LogP contribution in [0, 0.1) is 11.8 Å². The summed E-state index contributed by atoms with van der Waals surface area (Å²) < 4.78 is 12.9. The first-order chi connectivity index (χ1) is 15.2. The molecule has 4 rings (SSSR count). The third-order valence-corrected chi connectivity index (χ3v) is 6.59. The number of fused-ring (bicyclic) bond motifs is 2. The van der Waals surface area contributed by atoms with Crippen molar-refractivity contribution in [2.24, 2.45) is 16.8 Å². The summed E-state index contributed by atoms with van der Waals surface area (Å²) >= 11 is 0. The van der Waals surface area contributed by atoms with Gasteiger partial charge in [-0.1, -0.05) is 19.4 Å². The Bertz CT molecular complexity index is 896. The van der Waals surface area contributed by atoms with Crippen LogP contribution in [0.4, 0.5) is 0 Å². The van der Waals surface area contributed by atoms with E-state index in [-0.39, 0.29) is 0 Å². The third kappa shape index (κ3) is 5.11. The number of methoxy groups -OCH3 is 2. The zero-order valence-corrected chi connectivity index (χ0v) is 18.8. The first-order valence-corrected chi connectivity index (χ1v) is 11.3. The van der Waals surface area contributed by atoms with Crippen LogP contribution in [0.2, 0.25) is 0 Å². The number of rotatable bonds is 9. The second kappa shape index (κ2) is 10.0. The standard InChI is InChI=1S/C23H34N6O2/c1-4-22-28-26-15-29(22)10-9-24-23(27-19-12-16-5-7-18(19)11-16)25-14-17-6-8-20(30-2)21(13-17)31-3/h6,8,13,15-16,18-19H,4-5,7,9-12,14H2,1-3H3,(H2,24,25,27). The fourth-order valence-corrected chi connectivity index (χ4v) is 4.93. The lowest BCUT2D eigenvalue weighted by Crippen LogP contribution is -2.46. The molecule has 3 unspecified atom stereocenters. The number of hydrogen-bond acceptors (Lipinski definition) is 5. The van der Waals surface area contributed by atoms with Crippen molar-refractivity contribution >= 4 is 5.96 Å². The molecule has 2 N–H and O–H groups in total. The van der Waals surface area contributed by atoms with Crippen molar-refractivity contribution < 1.29 is 9.47 Å². The fourth-order valence-electron chi connectivity index (χ4n) is 4.93. The number of nitrogens with zero attached hydrogens (tertiary/aromatic N) is 4. The van der Waals surface area contributed by atoms with Crippen LogP contribution in [0.25, 0.3) is 0 Å². The monoisotopic (exact) mass is 426 g/mol. The summed E-state index contributed by atoms with van der Waals surface area (Å²) in [6.07, 6.45) is 8.02. The molecule has 0 saturated heterocycles. The van der Waals surface area contributed by atoms with Crippen LogP contribution >= 0.6 is 0 Å². The molecule has 3 atom stereocenters. The lowest BCUT2D eigenvalue weighted by atomic mass is 9.95. The van der Waals surface area contributed by atoms with Gasteiger partial charge < -0.3 is 24.7 Å². The third-order valence-electron chi connectivity index (χ3n) is 6.59. The summed E-state index contributed by atoms with van der Waals surface area (Å²) in [5, 5.41) is 15.4. The van der Waals surface area contributed by atoms with Crippen molar-refractivity contribution in [3.8, 4) is 11.5 Å². The first-order valence-electron chi connectivity index (χ1n) is 11.3. The smallest absolute Gasteiger partial charge is 0.191 e. The maximum absolute atomic E-state index is 5.43. The van der Waals surface area contributed by atoms with Gasteiger partial charge in [0.15, 0.2) is 17.5 Å². The second-order valence-electron chi connectivity index (χ2n) is 8.50. The summed E-state index contributed by atoms with van der Waals surface area (Å²) in [7, 11) is 3.31. The Hall–Kier alpha value is -2.77. The van der Waals surface area contributed by atoms with Gasteiger partial charge in [0.25, 0.3) is 0 Å². The molecule has 8 nitrogen and oxygen atoms in total. The number of aryl methyl sites for hydroxylation is 1. The van der Waals surface area contributed by atoms with E-state index in [1.54, 1.807) is 20.5 Å². The topological polar surface area (TPSA) is 85.6 Å². The van der Waals surface area contributed by atoms with E-state index in [2.05, 4.69) is 32.3 Å². The molecule has 0 radical (unpaired) electrons. The molecule has 2 saturated carbocycles. The van der Waals surface area contributed by atoms with Crippen LogP contribution in [0.3, 0.4) is 0 Å². The van der Waals surface area contributed by atoms with Gasteiger partial charge in [-0.05, 0) is 48.8 Å². The first kappa shape index (κ1) is 21.5. The van der Waals surface area contributed by atoms with Crippen LogP contribution in [-0.4, -0.2) is 47.5 Å². The van der Waals surface area contributed by atoms with Gasteiger partial charge in [-0.2, -0.15) is 0 Å². The minimum absolute atomic E-state index is 0.525. The zero-order chi connectivity index (χ0) is 21.6. The SMILES string of the molecule is CCc1nncn1CCNC(=NCc1ccc(OC)c(OC)c1)NC1CC2CCC1C2. The molecule has 1 heterocycles. The molecule has 0 amide bonds. The molecule has 2 aromatic rings. The molecule has 2 aliphatic rings. The highest BCUT2D eigenvalue weighted by Gasteiger charge is 2.39. The Balaban J connectivity index is 1.42. The number of guanidine groups is 1. The molecular formula is C23H34N6O2. The van der Waals surface area contributed by atoms with E-state index in [0.717, 1.165) is 60.2 Å². The fraction of sp³-hybridized carbons (Fsp3) is 0.609. The van der Waals surface area contributed by atoms with Gasteiger partial charge in [0.2, 0.25) is 0 Å². The zero-order valence-electron chi connectivity index (χ0n) is 18.8. The van der Waals surface area contributed by atoms with E-state index < -0.39 is 0 Å². The van der Waals surface area contributed by atoms with E-state index in [1.807, 2.05) is 18.2 Å². The largest absolute Gasteiger partial charge is 0.493 e. The quantitative estimate of drug-likeness (QED) is 0.474. The van der Waals surface area contributed by atoms with E-state index in [9.17, 15) is 0 Å². The lowest BCUT2D eigenvalue weighted by Gasteiger charge is -2.25. The van der Waals surface area contributed by atoms with Crippen molar-refractivity contribution in [1.82, 2.24) is 25.4 Å². The highest BCUT2D eigenvalue weighted by Crippen LogP contribution is 2.44. The van der Waals surface area contributed by atoms with Crippen molar-refractivity contribution in [2.45, 2.75) is 58.2 Å². The summed E-state index contributed by atoms with van der Waals surface area (Å²) in [6, 6.07) is 6.47. The molecule has 2 bridgehead atoms. The predicted molar refractivity (Wildman–Crippen MR) is 120 cm³/mol. The summed E-state index contributed by atoms with van der Waals surface area (Å²) in [4.78, 5) is 4.89. The maximum atomic E-state index is 5.43. The molecule has 0 aliphatic heterocycles. The highest BCUT2D eigenvalue weighted by molar-refractivity contribution is 5.80. The van der Waals surface area contributed by atoms with Crippen LogP contribution in [0.5, 0.6) is 11.5 Å². The van der Waals surface area contributed by atoms with E-state index in [0.29, 0.717) is 12.6 Å². The second-order valence-corrected chi connectivity index (χ2v) is 8.50. The van der Waals surface area contributed by atoms with Gasteiger partial charge in [-0.15, -0.1) is 10.2 Å². The summed E-state index contributed by atoms with van der Waals surface area (Å²) in [5.41, 5.74) is 1.08. The Kier molecular flexibility index (Phi) is 6.94. The molecule has 168 valence electrons. The molecule has 1 aromatic carbocycles. The normalized spacial score (nSPS) is 22.5. The number of ether oxygens (including phenoxy) is 2. The molecule has 1 aromatic heterocycles. The van der Waals surface area contributed by atoms with Gasteiger partial charge in [0.05, 0.1) is 20.8 Å². The Labute approximate surface area is 184 Å². The van der Waals surface area contributed by atoms with Gasteiger partial charge in [-0.25, -0.2) is 4.99 Å². The van der Waals surface area contributed by atoms with Crippen LogP contribution < -0.4 is 20.1 Å². The van der Waals surface area contributed by atoms with Crippen molar-refractivity contribution in [3.05, 3.63) is 35.9 Å². The number of aromatic nitrogens is 3. The van der Waals surface area contributed by atoms with E-state index >= 15 is 0 Å². The average Bonchev–Trinajstić information content (AvgIpc) is 3.54. The van der Waals surface area contributed by atoms with Crippen LogP contribution in [-0.2, 0) is 19.5 Å². The Morgan fingerprint density at radius 1 is 1.19 bits per heavy atom.